The van der Waals surface area contributed by atoms with Gasteiger partial charge < -0.3 is 5.32 Å². The quantitative estimate of drug-likeness (QED) is 0.808. The zero-order valence-corrected chi connectivity index (χ0v) is 11.6. The summed E-state index contributed by atoms with van der Waals surface area (Å²) in [5.74, 6) is 3.10. The molecule has 5 atom stereocenters. The van der Waals surface area contributed by atoms with E-state index in [1.807, 2.05) is 0 Å². The van der Waals surface area contributed by atoms with Gasteiger partial charge in [-0.1, -0.05) is 12.8 Å². The van der Waals surface area contributed by atoms with Gasteiger partial charge in [-0.05, 0) is 69.4 Å². The Balaban J connectivity index is 1.41. The van der Waals surface area contributed by atoms with Crippen molar-refractivity contribution in [1.29, 1.82) is 0 Å². The van der Waals surface area contributed by atoms with Gasteiger partial charge in [-0.3, -0.25) is 4.90 Å². The van der Waals surface area contributed by atoms with E-state index >= 15 is 0 Å². The summed E-state index contributed by atoms with van der Waals surface area (Å²) >= 11 is 0. The molecule has 0 radical (unpaired) electrons. The van der Waals surface area contributed by atoms with Crippen molar-refractivity contribution in [3.8, 4) is 0 Å². The second-order valence-electron chi connectivity index (χ2n) is 7.27. The average Bonchev–Trinajstić information content (AvgIpc) is 3.06. The van der Waals surface area contributed by atoms with Crippen LogP contribution in [0, 0.1) is 17.8 Å². The lowest BCUT2D eigenvalue weighted by Gasteiger charge is -2.40. The first-order valence-corrected chi connectivity index (χ1v) is 8.39. The maximum Gasteiger partial charge on any atom is 0.0226 e. The van der Waals surface area contributed by atoms with Gasteiger partial charge in [0.1, 0.15) is 0 Å². The molecule has 2 saturated carbocycles. The van der Waals surface area contributed by atoms with Crippen LogP contribution in [-0.2, 0) is 0 Å². The Kier molecular flexibility index (Phi) is 3.12. The molecule has 4 rings (SSSR count). The van der Waals surface area contributed by atoms with E-state index in [1.54, 1.807) is 0 Å². The first-order valence-electron chi connectivity index (χ1n) is 8.39. The molecular formula is C16H28N2. The molecule has 102 valence electrons. The number of likely N-dealkylation sites (tertiary alicyclic amines) is 1. The van der Waals surface area contributed by atoms with Gasteiger partial charge in [-0.2, -0.15) is 0 Å². The average molecular weight is 248 g/mol. The van der Waals surface area contributed by atoms with E-state index in [1.165, 1.54) is 71.0 Å². The standard InChI is InChI=1S/C16H28N2/c1-5-13-10-17-15(14(13)7-1)11-18-9-3-6-12-4-2-8-16(12)18/h12-17H,1-11H2. The smallest absolute Gasteiger partial charge is 0.0226 e. The van der Waals surface area contributed by atoms with Crippen LogP contribution in [0.15, 0.2) is 0 Å². The highest BCUT2D eigenvalue weighted by Gasteiger charge is 2.42. The summed E-state index contributed by atoms with van der Waals surface area (Å²) in [6, 6.07) is 1.79. The molecule has 4 fully saturated rings. The van der Waals surface area contributed by atoms with Crippen molar-refractivity contribution in [2.45, 2.75) is 63.5 Å². The van der Waals surface area contributed by atoms with Crippen LogP contribution in [0.25, 0.3) is 0 Å². The predicted molar refractivity (Wildman–Crippen MR) is 74.6 cm³/mol. The molecular weight excluding hydrogens is 220 g/mol. The molecule has 0 bridgehead atoms. The predicted octanol–water partition coefficient (Wildman–Crippen LogP) is 2.64. The molecule has 2 heterocycles. The molecule has 2 nitrogen and oxygen atoms in total. The lowest BCUT2D eigenvalue weighted by Crippen LogP contribution is -2.49. The van der Waals surface area contributed by atoms with Crippen LogP contribution in [0.1, 0.15) is 51.4 Å². The molecule has 2 aliphatic heterocycles. The van der Waals surface area contributed by atoms with Gasteiger partial charge in [-0.25, -0.2) is 0 Å². The third kappa shape index (κ3) is 1.92. The van der Waals surface area contributed by atoms with Gasteiger partial charge in [0, 0.05) is 18.6 Å². The van der Waals surface area contributed by atoms with Gasteiger partial charge in [0.25, 0.3) is 0 Å². The summed E-state index contributed by atoms with van der Waals surface area (Å²) in [6.07, 6.45) is 12.0. The molecule has 2 aliphatic carbocycles. The topological polar surface area (TPSA) is 15.3 Å². The van der Waals surface area contributed by atoms with Crippen molar-refractivity contribution in [3.05, 3.63) is 0 Å². The van der Waals surface area contributed by atoms with E-state index in [0.717, 1.165) is 29.8 Å². The van der Waals surface area contributed by atoms with Crippen LogP contribution in [-0.4, -0.2) is 36.6 Å². The minimum atomic E-state index is 0.830. The number of rotatable bonds is 2. The largest absolute Gasteiger partial charge is 0.312 e. The highest BCUT2D eigenvalue weighted by atomic mass is 15.2. The van der Waals surface area contributed by atoms with Crippen LogP contribution in [0.4, 0.5) is 0 Å². The third-order valence-electron chi connectivity index (χ3n) is 6.42. The highest BCUT2D eigenvalue weighted by Crippen LogP contribution is 2.40. The molecule has 18 heavy (non-hydrogen) atoms. The number of piperidine rings is 1. The second kappa shape index (κ2) is 4.79. The Hall–Kier alpha value is -0.0800. The summed E-state index contributed by atoms with van der Waals surface area (Å²) in [7, 11) is 0. The third-order valence-corrected chi connectivity index (χ3v) is 6.42. The summed E-state index contributed by atoms with van der Waals surface area (Å²) in [5, 5.41) is 3.84. The van der Waals surface area contributed by atoms with Crippen LogP contribution in [0.3, 0.4) is 0 Å². The number of hydrogen-bond donors (Lipinski definition) is 1. The fourth-order valence-electron chi connectivity index (χ4n) is 5.54. The Morgan fingerprint density at radius 1 is 0.889 bits per heavy atom. The minimum absolute atomic E-state index is 0.830. The molecule has 2 heteroatoms. The van der Waals surface area contributed by atoms with Crippen LogP contribution in [0.2, 0.25) is 0 Å². The first kappa shape index (κ1) is 11.7. The molecule has 0 amide bonds. The van der Waals surface area contributed by atoms with E-state index in [2.05, 4.69) is 10.2 Å². The molecule has 2 saturated heterocycles. The summed E-state index contributed by atoms with van der Waals surface area (Å²) < 4.78 is 0. The number of fused-ring (bicyclic) bond motifs is 2. The maximum absolute atomic E-state index is 3.84. The van der Waals surface area contributed by atoms with E-state index in [4.69, 9.17) is 0 Å². The second-order valence-corrected chi connectivity index (χ2v) is 7.27. The fourth-order valence-corrected chi connectivity index (χ4v) is 5.54. The monoisotopic (exact) mass is 248 g/mol. The van der Waals surface area contributed by atoms with Crippen molar-refractivity contribution in [2.75, 3.05) is 19.6 Å². The lowest BCUT2D eigenvalue weighted by atomic mass is 9.89. The van der Waals surface area contributed by atoms with Gasteiger partial charge in [0.2, 0.25) is 0 Å². The molecule has 1 N–H and O–H groups in total. The molecule has 4 aliphatic rings. The number of hydrogen-bond acceptors (Lipinski definition) is 2. The summed E-state index contributed by atoms with van der Waals surface area (Å²) in [6.45, 7) is 4.07. The SMILES string of the molecule is C1CC2CNC(CN3CCCC4CCCC43)C2C1. The van der Waals surface area contributed by atoms with Crippen LogP contribution in [0.5, 0.6) is 0 Å². The van der Waals surface area contributed by atoms with E-state index < -0.39 is 0 Å². The Bertz CT molecular complexity index is 303. The molecule has 0 spiro atoms. The number of nitrogens with zero attached hydrogens (tertiary/aromatic N) is 1. The summed E-state index contributed by atoms with van der Waals surface area (Å²) in [5.41, 5.74) is 0. The fraction of sp³-hybridized carbons (Fsp3) is 1.00. The van der Waals surface area contributed by atoms with Gasteiger partial charge in [-0.15, -0.1) is 0 Å². The number of nitrogens with one attached hydrogen (secondary N) is 1. The highest BCUT2D eigenvalue weighted by molar-refractivity contribution is 4.98. The maximum atomic E-state index is 3.84. The molecule has 0 aromatic rings. The first-order chi connectivity index (χ1) is 8.92. The van der Waals surface area contributed by atoms with Gasteiger partial charge >= 0.3 is 0 Å². The van der Waals surface area contributed by atoms with Crippen molar-refractivity contribution in [2.24, 2.45) is 17.8 Å². The van der Waals surface area contributed by atoms with Crippen molar-refractivity contribution >= 4 is 0 Å². The lowest BCUT2D eigenvalue weighted by molar-refractivity contribution is 0.0965. The Labute approximate surface area is 111 Å². The molecule has 0 aromatic heterocycles. The zero-order valence-electron chi connectivity index (χ0n) is 11.6. The van der Waals surface area contributed by atoms with E-state index in [0.29, 0.717) is 0 Å². The normalized spacial score (nSPS) is 48.3. The van der Waals surface area contributed by atoms with Crippen molar-refractivity contribution < 1.29 is 0 Å². The van der Waals surface area contributed by atoms with Crippen molar-refractivity contribution in [3.63, 3.8) is 0 Å². The van der Waals surface area contributed by atoms with E-state index in [9.17, 15) is 0 Å². The van der Waals surface area contributed by atoms with Crippen molar-refractivity contribution in [1.82, 2.24) is 10.2 Å². The van der Waals surface area contributed by atoms with Crippen LogP contribution < -0.4 is 5.32 Å². The summed E-state index contributed by atoms with van der Waals surface area (Å²) in [4.78, 5) is 2.87. The van der Waals surface area contributed by atoms with Gasteiger partial charge in [0.05, 0.1) is 0 Å². The van der Waals surface area contributed by atoms with Crippen LogP contribution >= 0.6 is 0 Å². The molecule has 5 unspecified atom stereocenters. The minimum Gasteiger partial charge on any atom is -0.312 e. The van der Waals surface area contributed by atoms with Gasteiger partial charge in [0.15, 0.2) is 0 Å². The zero-order chi connectivity index (χ0) is 11.9. The van der Waals surface area contributed by atoms with E-state index in [-0.39, 0.29) is 0 Å². The Morgan fingerprint density at radius 3 is 2.72 bits per heavy atom. The Morgan fingerprint density at radius 2 is 1.72 bits per heavy atom. The molecule has 0 aromatic carbocycles.